The van der Waals surface area contributed by atoms with Gasteiger partial charge in [-0.1, -0.05) is 0 Å². The van der Waals surface area contributed by atoms with Crippen molar-refractivity contribution in [3.8, 4) is 34.0 Å². The molecule has 11 heteroatoms. The first-order chi connectivity index (χ1) is 13.7. The van der Waals surface area contributed by atoms with Crippen molar-refractivity contribution >= 4 is 45.2 Å². The largest absolute Gasteiger partial charge is 0.433 e. The number of nitrogens with zero attached hydrogens (tertiary/aromatic N) is 4. The highest BCUT2D eigenvalue weighted by molar-refractivity contribution is 14.1. The van der Waals surface area contributed by atoms with Gasteiger partial charge in [-0.3, -0.25) is 9.97 Å². The fourth-order valence-electron chi connectivity index (χ4n) is 2.60. The van der Waals surface area contributed by atoms with Gasteiger partial charge in [-0.2, -0.15) is 13.2 Å². The zero-order valence-electron chi connectivity index (χ0n) is 14.5. The Bertz CT molecular complexity index is 1170. The average Bonchev–Trinajstić information content (AvgIpc) is 3.24. The summed E-state index contributed by atoms with van der Waals surface area (Å²) in [7, 11) is 0. The third kappa shape index (κ3) is 4.15. The van der Waals surface area contributed by atoms with E-state index in [2.05, 4.69) is 19.9 Å². The summed E-state index contributed by atoms with van der Waals surface area (Å²) in [6.07, 6.45) is -1.76. The van der Waals surface area contributed by atoms with E-state index >= 15 is 0 Å². The standard InChI is InChI=1S/C18H9F3I2N4O2/c1-8-2-3-9(6-24-8)12-14(28-16(22)26-12)15-13(27-17(23)29-15)10-4-5-11(25-7-10)18(19,20)21/h2-7H,1H3. The van der Waals surface area contributed by atoms with Gasteiger partial charge in [0.2, 0.25) is 11.5 Å². The topological polar surface area (TPSA) is 77.8 Å². The van der Waals surface area contributed by atoms with Gasteiger partial charge >= 0.3 is 6.18 Å². The van der Waals surface area contributed by atoms with Crippen LogP contribution in [-0.2, 0) is 6.18 Å². The molecule has 148 valence electrons. The number of oxazole rings is 2. The molecule has 0 fully saturated rings. The van der Waals surface area contributed by atoms with Gasteiger partial charge in [-0.05, 0) is 31.2 Å². The van der Waals surface area contributed by atoms with Crippen molar-refractivity contribution in [3.63, 3.8) is 0 Å². The molecule has 0 bridgehead atoms. The minimum atomic E-state index is -4.52. The van der Waals surface area contributed by atoms with Crippen LogP contribution in [0.3, 0.4) is 0 Å². The molecule has 0 radical (unpaired) electrons. The number of aromatic nitrogens is 4. The molecule has 0 spiro atoms. The van der Waals surface area contributed by atoms with Crippen LogP contribution >= 0.6 is 45.2 Å². The minimum Gasteiger partial charge on any atom is -0.428 e. The molecule has 29 heavy (non-hydrogen) atoms. The molecule has 0 atom stereocenters. The van der Waals surface area contributed by atoms with E-state index in [1.54, 1.807) is 6.20 Å². The lowest BCUT2D eigenvalue weighted by molar-refractivity contribution is -0.141. The highest BCUT2D eigenvalue weighted by atomic mass is 127. The average molecular weight is 624 g/mol. The first-order valence-corrected chi connectivity index (χ1v) is 10.2. The van der Waals surface area contributed by atoms with Crippen LogP contribution in [0.1, 0.15) is 11.4 Å². The van der Waals surface area contributed by atoms with Crippen molar-refractivity contribution in [1.82, 2.24) is 19.9 Å². The smallest absolute Gasteiger partial charge is 0.428 e. The van der Waals surface area contributed by atoms with Crippen molar-refractivity contribution in [1.29, 1.82) is 0 Å². The highest BCUT2D eigenvalue weighted by Crippen LogP contribution is 2.39. The molecule has 0 aliphatic heterocycles. The summed E-state index contributed by atoms with van der Waals surface area (Å²) in [6, 6.07) is 5.88. The summed E-state index contributed by atoms with van der Waals surface area (Å²) in [5.41, 5.74) is 1.74. The molecule has 4 rings (SSSR count). The molecule has 0 aromatic carbocycles. The third-order valence-electron chi connectivity index (χ3n) is 3.92. The van der Waals surface area contributed by atoms with Crippen LogP contribution in [0.25, 0.3) is 34.0 Å². The zero-order chi connectivity index (χ0) is 20.8. The fourth-order valence-corrected chi connectivity index (χ4v) is 3.52. The van der Waals surface area contributed by atoms with Crippen LogP contribution in [-0.4, -0.2) is 19.9 Å². The summed E-state index contributed by atoms with van der Waals surface area (Å²) in [5.74, 6) is 0.562. The van der Waals surface area contributed by atoms with Gasteiger partial charge in [0.1, 0.15) is 17.1 Å². The molecule has 0 unspecified atom stereocenters. The lowest BCUT2D eigenvalue weighted by Crippen LogP contribution is -2.07. The summed E-state index contributed by atoms with van der Waals surface area (Å²) < 4.78 is 50.6. The number of pyridine rings is 2. The minimum absolute atomic E-state index is 0.252. The van der Waals surface area contributed by atoms with Gasteiger partial charge in [0.25, 0.3) is 7.79 Å². The normalized spacial score (nSPS) is 11.8. The quantitative estimate of drug-likeness (QED) is 0.261. The second-order valence-corrected chi connectivity index (χ2v) is 7.75. The van der Waals surface area contributed by atoms with E-state index in [0.29, 0.717) is 36.1 Å². The van der Waals surface area contributed by atoms with Crippen LogP contribution in [0.5, 0.6) is 0 Å². The van der Waals surface area contributed by atoms with E-state index in [1.807, 2.05) is 64.2 Å². The Kier molecular flexibility index (Phi) is 5.35. The molecule has 0 aliphatic carbocycles. The molecule has 0 amide bonds. The maximum Gasteiger partial charge on any atom is 0.433 e. The predicted octanol–water partition coefficient (Wildman–Crippen LogP) is 5.99. The van der Waals surface area contributed by atoms with Gasteiger partial charge in [0, 0.05) is 74.4 Å². The summed E-state index contributed by atoms with van der Waals surface area (Å²) in [4.78, 5) is 16.5. The van der Waals surface area contributed by atoms with Gasteiger partial charge in [0.15, 0.2) is 0 Å². The van der Waals surface area contributed by atoms with Crippen molar-refractivity contribution in [2.75, 3.05) is 0 Å². The second kappa shape index (κ2) is 7.66. The molecule has 0 aliphatic rings. The molecule has 4 heterocycles. The number of hydrogen-bond donors (Lipinski definition) is 0. The first-order valence-electron chi connectivity index (χ1n) is 8.02. The molecule has 4 aromatic heterocycles. The Morgan fingerprint density at radius 1 is 0.793 bits per heavy atom. The van der Waals surface area contributed by atoms with E-state index in [0.717, 1.165) is 18.0 Å². The summed E-state index contributed by atoms with van der Waals surface area (Å²) in [6.45, 7) is 1.87. The fraction of sp³-hybridized carbons (Fsp3) is 0.111. The molecule has 0 saturated heterocycles. The van der Waals surface area contributed by atoms with Gasteiger partial charge in [0.05, 0.1) is 0 Å². The van der Waals surface area contributed by atoms with Gasteiger partial charge in [-0.15, -0.1) is 0 Å². The van der Waals surface area contributed by atoms with Crippen LogP contribution in [0.2, 0.25) is 0 Å². The van der Waals surface area contributed by atoms with Crippen molar-refractivity contribution < 1.29 is 22.0 Å². The number of alkyl halides is 3. The zero-order valence-corrected chi connectivity index (χ0v) is 18.8. The van der Waals surface area contributed by atoms with Crippen LogP contribution in [0.15, 0.2) is 45.5 Å². The first kappa shape index (κ1) is 20.3. The summed E-state index contributed by atoms with van der Waals surface area (Å²) in [5, 5.41) is 0. The van der Waals surface area contributed by atoms with Crippen LogP contribution in [0.4, 0.5) is 13.2 Å². The van der Waals surface area contributed by atoms with Gasteiger partial charge in [-0.25, -0.2) is 9.97 Å². The van der Waals surface area contributed by atoms with Crippen LogP contribution < -0.4 is 0 Å². The second-order valence-electron chi connectivity index (χ2n) is 5.91. The monoisotopic (exact) mass is 624 g/mol. The third-order valence-corrected chi connectivity index (χ3v) is 4.84. The van der Waals surface area contributed by atoms with Crippen molar-refractivity contribution in [3.05, 3.63) is 55.8 Å². The van der Waals surface area contributed by atoms with E-state index in [4.69, 9.17) is 8.83 Å². The number of halogens is 5. The molecule has 6 nitrogen and oxygen atoms in total. The van der Waals surface area contributed by atoms with Crippen molar-refractivity contribution in [2.24, 2.45) is 0 Å². The van der Waals surface area contributed by atoms with E-state index < -0.39 is 11.9 Å². The SMILES string of the molecule is Cc1ccc(-c2nc(I)oc2-c2oc(I)nc2-c2ccc(C(F)(F)F)nc2)cn1. The molecule has 0 saturated carbocycles. The number of aryl methyl sites for hydroxylation is 1. The Labute approximate surface area is 189 Å². The van der Waals surface area contributed by atoms with Crippen molar-refractivity contribution in [2.45, 2.75) is 13.1 Å². The Balaban J connectivity index is 1.83. The molecular formula is C18H9F3I2N4O2. The Morgan fingerprint density at radius 2 is 1.31 bits per heavy atom. The van der Waals surface area contributed by atoms with E-state index in [1.165, 1.54) is 6.07 Å². The predicted molar refractivity (Wildman–Crippen MR) is 114 cm³/mol. The maximum atomic E-state index is 12.8. The Hall–Kier alpha value is -2.03. The number of hydrogen-bond acceptors (Lipinski definition) is 6. The lowest BCUT2D eigenvalue weighted by Gasteiger charge is -2.06. The maximum absolute atomic E-state index is 12.8. The molecular weight excluding hydrogens is 615 g/mol. The van der Waals surface area contributed by atoms with E-state index in [9.17, 15) is 13.2 Å². The Morgan fingerprint density at radius 3 is 1.72 bits per heavy atom. The molecule has 0 N–H and O–H groups in total. The van der Waals surface area contributed by atoms with E-state index in [-0.39, 0.29) is 5.76 Å². The number of rotatable bonds is 3. The highest BCUT2D eigenvalue weighted by Gasteiger charge is 2.32. The summed E-state index contributed by atoms with van der Waals surface area (Å²) >= 11 is 3.82. The van der Waals surface area contributed by atoms with Gasteiger partial charge < -0.3 is 8.83 Å². The molecule has 4 aromatic rings. The van der Waals surface area contributed by atoms with Crippen LogP contribution in [0, 0.1) is 14.7 Å². The lowest BCUT2D eigenvalue weighted by atomic mass is 10.1.